The van der Waals surface area contributed by atoms with Gasteiger partial charge in [-0.2, -0.15) is 0 Å². The highest BCUT2D eigenvalue weighted by molar-refractivity contribution is 5.96. The lowest BCUT2D eigenvalue weighted by Gasteiger charge is -2.25. The van der Waals surface area contributed by atoms with Gasteiger partial charge in [0.05, 0.1) is 24.2 Å². The number of rotatable bonds is 6. The average Bonchev–Trinajstić information content (AvgIpc) is 3.14. The maximum absolute atomic E-state index is 13.6. The number of halogens is 3. The van der Waals surface area contributed by atoms with Crippen LogP contribution in [-0.4, -0.2) is 35.7 Å². The number of amides is 3. The lowest BCUT2D eigenvalue weighted by atomic mass is 10.1. The highest BCUT2D eigenvalue weighted by Gasteiger charge is 2.37. The minimum Gasteiger partial charge on any atom is -0.347 e. The molecule has 0 unspecified atom stereocenters. The predicted molar refractivity (Wildman–Crippen MR) is 103 cm³/mol. The van der Waals surface area contributed by atoms with Crippen molar-refractivity contribution in [3.8, 4) is 0 Å². The van der Waals surface area contributed by atoms with Gasteiger partial charge in [-0.1, -0.05) is 30.3 Å². The van der Waals surface area contributed by atoms with E-state index in [1.165, 1.54) is 0 Å². The average molecular weight is 419 g/mol. The van der Waals surface area contributed by atoms with Crippen LogP contribution in [0.15, 0.2) is 42.5 Å². The van der Waals surface area contributed by atoms with E-state index in [2.05, 4.69) is 10.6 Å². The Bertz CT molecular complexity index is 969. The molecule has 1 aliphatic rings. The lowest BCUT2D eigenvalue weighted by Crippen LogP contribution is -2.38. The Morgan fingerprint density at radius 3 is 2.50 bits per heavy atom. The molecule has 2 aromatic carbocycles. The third kappa shape index (κ3) is 4.61. The predicted octanol–water partition coefficient (Wildman–Crippen LogP) is 2.77. The number of likely N-dealkylation sites (tertiary alicyclic amines) is 1. The first-order valence-corrected chi connectivity index (χ1v) is 9.33. The third-order valence-corrected chi connectivity index (χ3v) is 5.01. The van der Waals surface area contributed by atoms with E-state index in [0.29, 0.717) is 6.07 Å². The summed E-state index contributed by atoms with van der Waals surface area (Å²) in [7, 11) is 0. The number of hydrogen-bond acceptors (Lipinski definition) is 3. The van der Waals surface area contributed by atoms with Crippen molar-refractivity contribution < 1.29 is 27.6 Å². The molecule has 0 bridgehead atoms. The molecule has 1 fully saturated rings. The molecule has 0 spiro atoms. The Morgan fingerprint density at radius 1 is 1.10 bits per heavy atom. The van der Waals surface area contributed by atoms with Gasteiger partial charge in [-0.15, -0.1) is 0 Å². The molecule has 158 valence electrons. The van der Waals surface area contributed by atoms with Gasteiger partial charge in [0.1, 0.15) is 0 Å². The molecule has 30 heavy (non-hydrogen) atoms. The van der Waals surface area contributed by atoms with Crippen LogP contribution in [0.4, 0.5) is 18.9 Å². The van der Waals surface area contributed by atoms with Gasteiger partial charge in [0.15, 0.2) is 17.5 Å². The summed E-state index contributed by atoms with van der Waals surface area (Å²) < 4.78 is 39.8. The molecule has 9 heteroatoms. The zero-order chi connectivity index (χ0) is 21.8. The smallest absolute Gasteiger partial charge is 0.243 e. The van der Waals surface area contributed by atoms with E-state index < -0.39 is 47.4 Å². The minimum absolute atomic E-state index is 0.0163. The second-order valence-corrected chi connectivity index (χ2v) is 7.02. The summed E-state index contributed by atoms with van der Waals surface area (Å²) in [5.74, 6) is -6.70. The molecule has 0 aromatic heterocycles. The molecule has 1 saturated heterocycles. The first kappa shape index (κ1) is 21.4. The molecule has 2 aromatic rings. The highest BCUT2D eigenvalue weighted by Crippen LogP contribution is 2.28. The highest BCUT2D eigenvalue weighted by atomic mass is 19.2. The Morgan fingerprint density at radius 2 is 1.80 bits per heavy atom. The fourth-order valence-electron chi connectivity index (χ4n) is 3.32. The Hall–Kier alpha value is -3.36. The molecule has 0 aliphatic carbocycles. The van der Waals surface area contributed by atoms with E-state index in [4.69, 9.17) is 0 Å². The van der Waals surface area contributed by atoms with Gasteiger partial charge in [-0.3, -0.25) is 14.4 Å². The summed E-state index contributed by atoms with van der Waals surface area (Å²) in [5.41, 5.74) is 0.409. The van der Waals surface area contributed by atoms with E-state index in [0.717, 1.165) is 11.6 Å². The number of nitrogens with zero attached hydrogens (tertiary/aromatic N) is 1. The molecule has 2 atom stereocenters. The molecule has 1 heterocycles. The van der Waals surface area contributed by atoms with Crippen molar-refractivity contribution in [2.24, 2.45) is 5.92 Å². The number of hydrogen-bond donors (Lipinski definition) is 2. The van der Waals surface area contributed by atoms with Crippen molar-refractivity contribution in [3.63, 3.8) is 0 Å². The summed E-state index contributed by atoms with van der Waals surface area (Å²) in [6.45, 7) is 1.58. The zero-order valence-corrected chi connectivity index (χ0v) is 16.1. The van der Waals surface area contributed by atoms with Crippen LogP contribution in [0.3, 0.4) is 0 Å². The molecule has 3 amide bonds. The number of nitrogens with one attached hydrogen (secondary N) is 2. The monoisotopic (exact) mass is 419 g/mol. The van der Waals surface area contributed by atoms with Gasteiger partial charge < -0.3 is 15.5 Å². The van der Waals surface area contributed by atoms with Crippen molar-refractivity contribution >= 4 is 23.4 Å². The maximum Gasteiger partial charge on any atom is 0.243 e. The summed E-state index contributed by atoms with van der Waals surface area (Å²) in [5, 5.41) is 4.46. The van der Waals surface area contributed by atoms with E-state index in [1.54, 1.807) is 4.90 Å². The van der Waals surface area contributed by atoms with E-state index in [9.17, 15) is 27.6 Å². The maximum atomic E-state index is 13.6. The quantitative estimate of drug-likeness (QED) is 0.707. The first-order chi connectivity index (χ1) is 14.3. The van der Waals surface area contributed by atoms with Crippen molar-refractivity contribution in [1.82, 2.24) is 10.2 Å². The zero-order valence-electron chi connectivity index (χ0n) is 16.1. The number of carbonyl (C=O) groups is 3. The third-order valence-electron chi connectivity index (χ3n) is 5.01. The molecule has 1 aliphatic heterocycles. The summed E-state index contributed by atoms with van der Waals surface area (Å²) >= 11 is 0. The van der Waals surface area contributed by atoms with E-state index in [1.807, 2.05) is 37.3 Å². The normalized spacial score (nSPS) is 17.0. The molecular formula is C21H20F3N3O3. The molecule has 2 N–H and O–H groups in total. The van der Waals surface area contributed by atoms with Gasteiger partial charge in [-0.25, -0.2) is 13.2 Å². The number of anilines is 1. The molecule has 0 saturated carbocycles. The van der Waals surface area contributed by atoms with Crippen molar-refractivity contribution in [3.05, 3.63) is 65.5 Å². The minimum atomic E-state index is -1.70. The molecule has 6 nitrogen and oxygen atoms in total. The lowest BCUT2D eigenvalue weighted by molar-refractivity contribution is -0.130. The molecular weight excluding hydrogens is 399 g/mol. The largest absolute Gasteiger partial charge is 0.347 e. The van der Waals surface area contributed by atoms with Crippen LogP contribution in [0.25, 0.3) is 0 Å². The Labute approximate surface area is 171 Å². The topological polar surface area (TPSA) is 78.5 Å². The number of benzene rings is 2. The van der Waals surface area contributed by atoms with Crippen LogP contribution in [0.2, 0.25) is 0 Å². The second-order valence-electron chi connectivity index (χ2n) is 7.02. The van der Waals surface area contributed by atoms with Gasteiger partial charge >= 0.3 is 0 Å². The van der Waals surface area contributed by atoms with Gasteiger partial charge in [-0.05, 0) is 24.6 Å². The van der Waals surface area contributed by atoms with Gasteiger partial charge in [0, 0.05) is 13.0 Å². The van der Waals surface area contributed by atoms with Crippen molar-refractivity contribution in [2.75, 3.05) is 18.4 Å². The van der Waals surface area contributed by atoms with Crippen LogP contribution in [0.5, 0.6) is 0 Å². The Kier molecular flexibility index (Phi) is 6.39. The molecule has 3 rings (SSSR count). The molecule has 0 radical (unpaired) electrons. The summed E-state index contributed by atoms with van der Waals surface area (Å²) in [4.78, 5) is 38.2. The van der Waals surface area contributed by atoms with Crippen LogP contribution in [-0.2, 0) is 14.4 Å². The van der Waals surface area contributed by atoms with Crippen molar-refractivity contribution in [1.29, 1.82) is 0 Å². The van der Waals surface area contributed by atoms with E-state index >= 15 is 0 Å². The number of carbonyl (C=O) groups excluding carboxylic acids is 3. The van der Waals surface area contributed by atoms with Crippen LogP contribution in [0, 0.1) is 23.4 Å². The van der Waals surface area contributed by atoms with Crippen LogP contribution in [0.1, 0.15) is 24.9 Å². The SMILES string of the molecule is C[C@H](c1ccccc1)N1C[C@@H](C(=O)NCC(=O)Nc2ccc(F)c(F)c2F)CC1=O. The van der Waals surface area contributed by atoms with Crippen LogP contribution < -0.4 is 10.6 Å². The van der Waals surface area contributed by atoms with Crippen LogP contribution >= 0.6 is 0 Å². The van der Waals surface area contributed by atoms with Gasteiger partial charge in [0.2, 0.25) is 17.7 Å². The van der Waals surface area contributed by atoms with Crippen molar-refractivity contribution in [2.45, 2.75) is 19.4 Å². The first-order valence-electron chi connectivity index (χ1n) is 9.33. The Balaban J connectivity index is 1.53. The standard InChI is InChI=1S/C21H20F3N3O3/c1-12(13-5-3-2-4-6-13)27-11-14(9-18(27)29)21(30)25-10-17(28)26-16-8-7-15(22)19(23)20(16)24/h2-8,12,14H,9-11H2,1H3,(H,25,30)(H,26,28)/t12-,14+/m1/s1. The second kappa shape index (κ2) is 8.98. The fourth-order valence-corrected chi connectivity index (χ4v) is 3.32. The van der Waals surface area contributed by atoms with Gasteiger partial charge in [0.25, 0.3) is 0 Å². The summed E-state index contributed by atoms with van der Waals surface area (Å²) in [6, 6.07) is 10.8. The van der Waals surface area contributed by atoms with E-state index in [-0.39, 0.29) is 24.9 Å². The summed E-state index contributed by atoms with van der Waals surface area (Å²) in [6.07, 6.45) is 0.0163. The fraction of sp³-hybridized carbons (Fsp3) is 0.286.